The standard InChI is InChI=1S/C15H13BrN2O3S/c16-14-7-2-1-4-11(14)9-22-10-15(19)17-12-5-3-6-13(8-12)18(20)21/h1-8H,9-10H2,(H,17,19). The second-order valence-electron chi connectivity index (χ2n) is 4.44. The zero-order chi connectivity index (χ0) is 15.9. The molecule has 1 amide bonds. The van der Waals surface area contributed by atoms with Crippen LogP contribution in [0.1, 0.15) is 5.56 Å². The van der Waals surface area contributed by atoms with Crippen LogP contribution < -0.4 is 5.32 Å². The third-order valence-electron chi connectivity index (χ3n) is 2.79. The molecule has 7 heteroatoms. The van der Waals surface area contributed by atoms with Crippen molar-refractivity contribution in [1.82, 2.24) is 0 Å². The number of hydrogen-bond donors (Lipinski definition) is 1. The lowest BCUT2D eigenvalue weighted by atomic mass is 10.2. The Kier molecular flexibility index (Phi) is 5.97. The predicted octanol–water partition coefficient (Wildman–Crippen LogP) is 4.23. The van der Waals surface area contributed by atoms with Crippen molar-refractivity contribution in [2.45, 2.75) is 5.75 Å². The average Bonchev–Trinajstić information content (AvgIpc) is 2.49. The van der Waals surface area contributed by atoms with Gasteiger partial charge >= 0.3 is 0 Å². The number of non-ortho nitro benzene ring substituents is 1. The van der Waals surface area contributed by atoms with E-state index >= 15 is 0 Å². The molecule has 0 aliphatic heterocycles. The van der Waals surface area contributed by atoms with E-state index in [1.165, 1.54) is 23.9 Å². The zero-order valence-corrected chi connectivity index (χ0v) is 13.9. The third-order valence-corrected chi connectivity index (χ3v) is 4.54. The van der Waals surface area contributed by atoms with Crippen molar-refractivity contribution in [3.63, 3.8) is 0 Å². The number of carbonyl (C=O) groups excluding carboxylic acids is 1. The molecule has 0 aromatic heterocycles. The highest BCUT2D eigenvalue weighted by Crippen LogP contribution is 2.22. The van der Waals surface area contributed by atoms with E-state index in [4.69, 9.17) is 0 Å². The number of nitrogens with zero attached hydrogens (tertiary/aromatic N) is 1. The normalized spacial score (nSPS) is 10.2. The summed E-state index contributed by atoms with van der Waals surface area (Å²) in [5.41, 5.74) is 1.51. The van der Waals surface area contributed by atoms with Gasteiger partial charge in [-0.15, -0.1) is 11.8 Å². The van der Waals surface area contributed by atoms with Gasteiger partial charge in [-0.2, -0.15) is 0 Å². The Balaban J connectivity index is 1.84. The Morgan fingerprint density at radius 2 is 2.00 bits per heavy atom. The summed E-state index contributed by atoms with van der Waals surface area (Å²) < 4.78 is 1.02. The van der Waals surface area contributed by atoms with Gasteiger partial charge in [0.2, 0.25) is 5.91 Å². The topological polar surface area (TPSA) is 72.2 Å². The molecule has 0 radical (unpaired) electrons. The van der Waals surface area contributed by atoms with Crippen LogP contribution in [0.4, 0.5) is 11.4 Å². The molecule has 0 aliphatic carbocycles. The molecule has 22 heavy (non-hydrogen) atoms. The monoisotopic (exact) mass is 380 g/mol. The molecule has 114 valence electrons. The number of anilines is 1. The molecule has 2 rings (SSSR count). The third kappa shape index (κ3) is 4.85. The molecule has 0 fully saturated rings. The Morgan fingerprint density at radius 1 is 1.23 bits per heavy atom. The highest BCUT2D eigenvalue weighted by Gasteiger charge is 2.08. The molecule has 2 aromatic rings. The lowest BCUT2D eigenvalue weighted by Crippen LogP contribution is -2.14. The van der Waals surface area contributed by atoms with Crippen LogP contribution >= 0.6 is 27.7 Å². The summed E-state index contributed by atoms with van der Waals surface area (Å²) in [6, 6.07) is 13.7. The second kappa shape index (κ2) is 7.95. The van der Waals surface area contributed by atoms with Gasteiger partial charge in [-0.05, 0) is 17.7 Å². The van der Waals surface area contributed by atoms with E-state index in [2.05, 4.69) is 21.2 Å². The minimum absolute atomic E-state index is 0.0429. The summed E-state index contributed by atoms with van der Waals surface area (Å²) in [5.74, 6) is 0.811. The quantitative estimate of drug-likeness (QED) is 0.601. The number of nitrogens with one attached hydrogen (secondary N) is 1. The first-order valence-electron chi connectivity index (χ1n) is 6.42. The zero-order valence-electron chi connectivity index (χ0n) is 11.5. The fourth-order valence-electron chi connectivity index (χ4n) is 1.76. The van der Waals surface area contributed by atoms with Crippen LogP contribution in [0.5, 0.6) is 0 Å². The van der Waals surface area contributed by atoms with Gasteiger partial charge in [0.05, 0.1) is 10.7 Å². The van der Waals surface area contributed by atoms with Gasteiger partial charge in [0.15, 0.2) is 0 Å². The molecule has 2 aromatic carbocycles. The minimum atomic E-state index is -0.489. The molecular weight excluding hydrogens is 368 g/mol. The number of carbonyl (C=O) groups is 1. The SMILES string of the molecule is O=C(CSCc1ccccc1Br)Nc1cccc([N+](=O)[O-])c1. The number of thioether (sulfide) groups is 1. The molecule has 0 atom stereocenters. The van der Waals surface area contributed by atoms with Gasteiger partial charge in [-0.3, -0.25) is 14.9 Å². The summed E-state index contributed by atoms with van der Waals surface area (Å²) in [6.45, 7) is 0. The highest BCUT2D eigenvalue weighted by atomic mass is 79.9. The average molecular weight is 381 g/mol. The van der Waals surface area contributed by atoms with Crippen molar-refractivity contribution >= 4 is 45.0 Å². The minimum Gasteiger partial charge on any atom is -0.325 e. The molecule has 0 spiro atoms. The number of nitro benzene ring substituents is 1. The maximum atomic E-state index is 11.9. The summed E-state index contributed by atoms with van der Waals surface area (Å²) in [5, 5.41) is 13.3. The number of nitro groups is 1. The highest BCUT2D eigenvalue weighted by molar-refractivity contribution is 9.10. The first-order chi connectivity index (χ1) is 10.6. The molecule has 0 saturated carbocycles. The summed E-state index contributed by atoms with van der Waals surface area (Å²) in [7, 11) is 0. The second-order valence-corrected chi connectivity index (χ2v) is 6.28. The lowest BCUT2D eigenvalue weighted by molar-refractivity contribution is -0.384. The molecule has 0 aliphatic rings. The van der Waals surface area contributed by atoms with E-state index in [-0.39, 0.29) is 17.3 Å². The van der Waals surface area contributed by atoms with Crippen LogP contribution in [0, 0.1) is 10.1 Å². The fraction of sp³-hybridized carbons (Fsp3) is 0.133. The van der Waals surface area contributed by atoms with Crippen molar-refractivity contribution in [3.05, 3.63) is 68.7 Å². The van der Waals surface area contributed by atoms with Gasteiger partial charge in [0.25, 0.3) is 5.69 Å². The Hall–Kier alpha value is -1.86. The van der Waals surface area contributed by atoms with E-state index in [0.29, 0.717) is 11.4 Å². The Morgan fingerprint density at radius 3 is 2.73 bits per heavy atom. The van der Waals surface area contributed by atoms with Gasteiger partial charge in [-0.1, -0.05) is 40.2 Å². The van der Waals surface area contributed by atoms with Crippen molar-refractivity contribution in [2.75, 3.05) is 11.1 Å². The summed E-state index contributed by atoms with van der Waals surface area (Å²) in [4.78, 5) is 22.1. The predicted molar refractivity (Wildman–Crippen MR) is 92.0 cm³/mol. The first-order valence-corrected chi connectivity index (χ1v) is 8.36. The number of hydrogen-bond acceptors (Lipinski definition) is 4. The maximum Gasteiger partial charge on any atom is 0.271 e. The molecule has 5 nitrogen and oxygen atoms in total. The van der Waals surface area contributed by atoms with Crippen LogP contribution in [0.3, 0.4) is 0 Å². The molecule has 0 unspecified atom stereocenters. The molecular formula is C15H13BrN2O3S. The smallest absolute Gasteiger partial charge is 0.271 e. The van der Waals surface area contributed by atoms with Gasteiger partial charge < -0.3 is 5.32 Å². The van der Waals surface area contributed by atoms with Crippen molar-refractivity contribution in [2.24, 2.45) is 0 Å². The molecule has 1 N–H and O–H groups in total. The van der Waals surface area contributed by atoms with E-state index in [9.17, 15) is 14.9 Å². The van der Waals surface area contributed by atoms with Crippen LogP contribution in [-0.2, 0) is 10.5 Å². The molecule has 0 bridgehead atoms. The van der Waals surface area contributed by atoms with E-state index in [0.717, 1.165) is 10.0 Å². The van der Waals surface area contributed by atoms with Gasteiger partial charge in [-0.25, -0.2) is 0 Å². The number of amides is 1. The lowest BCUT2D eigenvalue weighted by Gasteiger charge is -2.06. The molecule has 0 heterocycles. The van der Waals surface area contributed by atoms with E-state index in [1.807, 2.05) is 24.3 Å². The maximum absolute atomic E-state index is 11.9. The van der Waals surface area contributed by atoms with Crippen molar-refractivity contribution < 1.29 is 9.72 Å². The van der Waals surface area contributed by atoms with Crippen LogP contribution in [0.25, 0.3) is 0 Å². The van der Waals surface area contributed by atoms with Crippen molar-refractivity contribution in [1.29, 1.82) is 0 Å². The van der Waals surface area contributed by atoms with Gasteiger partial charge in [0.1, 0.15) is 0 Å². The number of halogens is 1. The van der Waals surface area contributed by atoms with Gasteiger partial charge in [0, 0.05) is 28.0 Å². The molecule has 0 saturated heterocycles. The van der Waals surface area contributed by atoms with Crippen molar-refractivity contribution in [3.8, 4) is 0 Å². The first kappa shape index (κ1) is 16.5. The Bertz CT molecular complexity index is 694. The van der Waals surface area contributed by atoms with E-state index in [1.54, 1.807) is 12.1 Å². The largest absolute Gasteiger partial charge is 0.325 e. The number of rotatable bonds is 6. The van der Waals surface area contributed by atoms with Crippen LogP contribution in [0.2, 0.25) is 0 Å². The van der Waals surface area contributed by atoms with Crippen LogP contribution in [-0.4, -0.2) is 16.6 Å². The number of benzene rings is 2. The Labute approximate surface area is 140 Å². The van der Waals surface area contributed by atoms with E-state index < -0.39 is 4.92 Å². The fourth-order valence-corrected chi connectivity index (χ4v) is 3.21. The summed E-state index contributed by atoms with van der Waals surface area (Å²) in [6.07, 6.45) is 0. The summed E-state index contributed by atoms with van der Waals surface area (Å²) >= 11 is 4.94. The van der Waals surface area contributed by atoms with Crippen LogP contribution in [0.15, 0.2) is 53.0 Å².